The fraction of sp³-hybridized carbons (Fsp3) is 0.450. The molecule has 0 saturated carbocycles. The van der Waals surface area contributed by atoms with E-state index in [0.717, 1.165) is 37.4 Å². The van der Waals surface area contributed by atoms with Crippen molar-refractivity contribution in [3.8, 4) is 5.75 Å². The highest BCUT2D eigenvalue weighted by atomic mass is 16.5. The summed E-state index contributed by atoms with van der Waals surface area (Å²) in [6, 6.07) is 13.2. The summed E-state index contributed by atoms with van der Waals surface area (Å²) in [6.07, 6.45) is 6.49. The number of ether oxygens (including phenoxy) is 1. The molecule has 0 bridgehead atoms. The maximum Gasteiger partial charge on any atom is 0.122 e. The zero-order chi connectivity index (χ0) is 16.1. The predicted octanol–water partition coefficient (Wildman–Crippen LogP) is 3.86. The number of benzene rings is 1. The second kappa shape index (κ2) is 7.60. The zero-order valence-corrected chi connectivity index (χ0v) is 14.2. The highest BCUT2D eigenvalue weighted by Gasteiger charge is 2.26. The molecule has 1 atom stereocenters. The third-order valence-corrected chi connectivity index (χ3v) is 4.76. The van der Waals surface area contributed by atoms with Crippen LogP contribution in [0.5, 0.6) is 5.75 Å². The van der Waals surface area contributed by atoms with Gasteiger partial charge in [0.05, 0.1) is 12.8 Å². The van der Waals surface area contributed by atoms with Gasteiger partial charge in [-0.05, 0) is 61.6 Å². The van der Waals surface area contributed by atoms with Crippen molar-refractivity contribution >= 4 is 0 Å². The number of aromatic nitrogens is 1. The Kier molecular flexibility index (Phi) is 5.29. The van der Waals surface area contributed by atoms with E-state index in [1.807, 2.05) is 12.3 Å². The number of aryl methyl sites for hydroxylation is 1. The summed E-state index contributed by atoms with van der Waals surface area (Å²) in [6.45, 7) is 4.30. The summed E-state index contributed by atoms with van der Waals surface area (Å²) in [5.74, 6) is 1.04. The number of hydrogen-bond acceptors (Lipinski definition) is 3. The van der Waals surface area contributed by atoms with Crippen molar-refractivity contribution in [2.24, 2.45) is 0 Å². The molecule has 1 aliphatic carbocycles. The van der Waals surface area contributed by atoms with Crippen LogP contribution in [0.25, 0.3) is 0 Å². The molecule has 1 unspecified atom stereocenters. The monoisotopic (exact) mass is 310 g/mol. The van der Waals surface area contributed by atoms with Crippen molar-refractivity contribution in [3.05, 3.63) is 59.4 Å². The molecule has 3 rings (SSSR count). The van der Waals surface area contributed by atoms with Crippen LogP contribution in [0.1, 0.15) is 36.6 Å². The molecule has 122 valence electrons. The Hall–Kier alpha value is -1.87. The van der Waals surface area contributed by atoms with Crippen molar-refractivity contribution in [2.75, 3.05) is 13.7 Å². The molecule has 23 heavy (non-hydrogen) atoms. The van der Waals surface area contributed by atoms with Crippen LogP contribution in [0.2, 0.25) is 0 Å². The third kappa shape index (κ3) is 3.73. The highest BCUT2D eigenvalue weighted by molar-refractivity contribution is 5.42. The number of pyridine rings is 1. The molecule has 1 aromatic carbocycles. The minimum Gasteiger partial charge on any atom is -0.496 e. The first-order valence-electron chi connectivity index (χ1n) is 8.60. The standard InChI is InChI=1S/C20H26N2O/c1-3-13-22(15-17-8-4-5-12-21-17)18-11-10-16-7-6-9-20(23-2)19(16)14-18/h4-9,12,18H,3,10-11,13-15H2,1-2H3. The minimum atomic E-state index is 0.570. The summed E-state index contributed by atoms with van der Waals surface area (Å²) in [5, 5.41) is 0. The molecular formula is C20H26N2O. The SMILES string of the molecule is CCCN(Cc1ccccn1)C1CCc2cccc(OC)c2C1. The molecule has 0 spiro atoms. The van der Waals surface area contributed by atoms with E-state index in [1.54, 1.807) is 7.11 Å². The molecule has 0 N–H and O–H groups in total. The van der Waals surface area contributed by atoms with Crippen LogP contribution in [-0.4, -0.2) is 29.6 Å². The second-order valence-corrected chi connectivity index (χ2v) is 6.29. The lowest BCUT2D eigenvalue weighted by molar-refractivity contribution is 0.168. The summed E-state index contributed by atoms with van der Waals surface area (Å²) < 4.78 is 5.59. The van der Waals surface area contributed by atoms with Gasteiger partial charge < -0.3 is 4.74 Å². The first-order valence-corrected chi connectivity index (χ1v) is 8.60. The molecule has 3 heteroatoms. The molecule has 0 saturated heterocycles. The van der Waals surface area contributed by atoms with Gasteiger partial charge in [-0.25, -0.2) is 0 Å². The number of nitrogens with zero attached hydrogens (tertiary/aromatic N) is 2. The summed E-state index contributed by atoms with van der Waals surface area (Å²) in [7, 11) is 1.77. The van der Waals surface area contributed by atoms with Crippen LogP contribution in [0.15, 0.2) is 42.6 Å². The quantitative estimate of drug-likeness (QED) is 0.810. The smallest absolute Gasteiger partial charge is 0.122 e. The van der Waals surface area contributed by atoms with E-state index in [2.05, 4.69) is 47.1 Å². The maximum atomic E-state index is 5.59. The van der Waals surface area contributed by atoms with Crippen molar-refractivity contribution in [3.63, 3.8) is 0 Å². The molecular weight excluding hydrogens is 284 g/mol. The number of rotatable bonds is 6. The Morgan fingerprint density at radius 3 is 2.87 bits per heavy atom. The Labute approximate surface area is 139 Å². The minimum absolute atomic E-state index is 0.570. The van der Waals surface area contributed by atoms with Gasteiger partial charge in [0.25, 0.3) is 0 Å². The van der Waals surface area contributed by atoms with Crippen LogP contribution in [0, 0.1) is 0 Å². The fourth-order valence-corrected chi connectivity index (χ4v) is 3.62. The first kappa shape index (κ1) is 16.0. The Balaban J connectivity index is 1.78. The van der Waals surface area contributed by atoms with E-state index < -0.39 is 0 Å². The Morgan fingerprint density at radius 2 is 2.13 bits per heavy atom. The number of hydrogen-bond donors (Lipinski definition) is 0. The average Bonchev–Trinajstić information content (AvgIpc) is 2.61. The predicted molar refractivity (Wildman–Crippen MR) is 93.7 cm³/mol. The molecule has 0 radical (unpaired) electrons. The highest BCUT2D eigenvalue weighted by Crippen LogP contribution is 2.31. The summed E-state index contributed by atoms with van der Waals surface area (Å²) in [4.78, 5) is 7.10. The van der Waals surface area contributed by atoms with Crippen molar-refractivity contribution in [2.45, 2.75) is 45.2 Å². The van der Waals surface area contributed by atoms with Gasteiger partial charge in [-0.15, -0.1) is 0 Å². The van der Waals surface area contributed by atoms with Gasteiger partial charge in [0.2, 0.25) is 0 Å². The van der Waals surface area contributed by atoms with Crippen molar-refractivity contribution in [1.82, 2.24) is 9.88 Å². The van der Waals surface area contributed by atoms with E-state index >= 15 is 0 Å². The lowest BCUT2D eigenvalue weighted by atomic mass is 9.86. The van der Waals surface area contributed by atoms with Crippen LogP contribution in [0.3, 0.4) is 0 Å². The van der Waals surface area contributed by atoms with Crippen LogP contribution in [0.4, 0.5) is 0 Å². The van der Waals surface area contributed by atoms with Crippen molar-refractivity contribution in [1.29, 1.82) is 0 Å². The van der Waals surface area contributed by atoms with Gasteiger partial charge >= 0.3 is 0 Å². The van der Waals surface area contributed by atoms with E-state index in [1.165, 1.54) is 24.0 Å². The molecule has 0 fully saturated rings. The third-order valence-electron chi connectivity index (χ3n) is 4.76. The lowest BCUT2D eigenvalue weighted by Crippen LogP contribution is -2.39. The zero-order valence-electron chi connectivity index (χ0n) is 14.2. The van der Waals surface area contributed by atoms with Gasteiger partial charge in [-0.3, -0.25) is 9.88 Å². The molecule has 0 amide bonds. The van der Waals surface area contributed by atoms with Gasteiger partial charge in [0.15, 0.2) is 0 Å². The lowest BCUT2D eigenvalue weighted by Gasteiger charge is -2.35. The van der Waals surface area contributed by atoms with Crippen LogP contribution in [-0.2, 0) is 19.4 Å². The maximum absolute atomic E-state index is 5.59. The molecule has 1 heterocycles. The summed E-state index contributed by atoms with van der Waals surface area (Å²) >= 11 is 0. The molecule has 1 aliphatic rings. The van der Waals surface area contributed by atoms with E-state index in [-0.39, 0.29) is 0 Å². The van der Waals surface area contributed by atoms with E-state index in [9.17, 15) is 0 Å². The van der Waals surface area contributed by atoms with Gasteiger partial charge in [-0.2, -0.15) is 0 Å². The molecule has 3 nitrogen and oxygen atoms in total. The topological polar surface area (TPSA) is 25.4 Å². The van der Waals surface area contributed by atoms with Crippen molar-refractivity contribution < 1.29 is 4.74 Å². The molecule has 1 aromatic heterocycles. The molecule has 0 aliphatic heterocycles. The van der Waals surface area contributed by atoms with Crippen LogP contribution >= 0.6 is 0 Å². The number of methoxy groups -OCH3 is 1. The fourth-order valence-electron chi connectivity index (χ4n) is 3.62. The van der Waals surface area contributed by atoms with Gasteiger partial charge in [-0.1, -0.05) is 25.1 Å². The largest absolute Gasteiger partial charge is 0.496 e. The number of fused-ring (bicyclic) bond motifs is 1. The Morgan fingerprint density at radius 1 is 1.22 bits per heavy atom. The average molecular weight is 310 g/mol. The molecule has 2 aromatic rings. The second-order valence-electron chi connectivity index (χ2n) is 6.29. The van der Waals surface area contributed by atoms with Crippen LogP contribution < -0.4 is 4.74 Å². The summed E-state index contributed by atoms with van der Waals surface area (Å²) in [5.41, 5.74) is 4.01. The van der Waals surface area contributed by atoms with Gasteiger partial charge in [0, 0.05) is 18.8 Å². The van der Waals surface area contributed by atoms with E-state index in [4.69, 9.17) is 4.74 Å². The first-order chi connectivity index (χ1) is 11.3. The van der Waals surface area contributed by atoms with Gasteiger partial charge in [0.1, 0.15) is 5.75 Å². The van der Waals surface area contributed by atoms with E-state index in [0.29, 0.717) is 6.04 Å². The Bertz CT molecular complexity index is 613. The normalized spacial score (nSPS) is 17.1.